The molecule has 176 valence electrons. The van der Waals surface area contributed by atoms with Gasteiger partial charge in [0.1, 0.15) is 18.2 Å². The Balaban J connectivity index is 1.19. The van der Waals surface area contributed by atoms with Crippen LogP contribution in [0.4, 0.5) is 0 Å². The molecule has 0 atom stereocenters. The predicted octanol–water partition coefficient (Wildman–Crippen LogP) is 4.90. The Hall–Kier alpha value is -3.15. The molecule has 1 saturated heterocycles. The molecule has 0 aliphatic carbocycles. The number of hydrogen-bond donors (Lipinski definition) is 0. The Labute approximate surface area is 202 Å². The molecule has 1 aromatic heterocycles. The highest BCUT2D eigenvalue weighted by atomic mass is 16.5. The monoisotopic (exact) mass is 454 g/mol. The number of benzene rings is 3. The summed E-state index contributed by atoms with van der Waals surface area (Å²) in [5.74, 6) is 2.19. The fourth-order valence-corrected chi connectivity index (χ4v) is 4.86. The van der Waals surface area contributed by atoms with Gasteiger partial charge in [-0.1, -0.05) is 60.7 Å². The summed E-state index contributed by atoms with van der Waals surface area (Å²) < 4.78 is 8.51. The largest absolute Gasteiger partial charge is 0.492 e. The molecule has 34 heavy (non-hydrogen) atoms. The Morgan fingerprint density at radius 2 is 1.41 bits per heavy atom. The van der Waals surface area contributed by atoms with Crippen LogP contribution in [-0.4, -0.2) is 58.7 Å². The molecule has 2 heterocycles. The second kappa shape index (κ2) is 10.4. The van der Waals surface area contributed by atoms with E-state index in [4.69, 9.17) is 9.72 Å². The van der Waals surface area contributed by atoms with E-state index < -0.39 is 0 Å². The van der Waals surface area contributed by atoms with Gasteiger partial charge >= 0.3 is 0 Å². The van der Waals surface area contributed by atoms with Crippen LogP contribution in [0, 0.1) is 13.8 Å². The number of imidazole rings is 1. The molecule has 0 N–H and O–H groups in total. The molecule has 0 spiro atoms. The molecule has 3 aromatic carbocycles. The molecule has 1 aliphatic heterocycles. The number of fused-ring (bicyclic) bond motifs is 1. The zero-order valence-electron chi connectivity index (χ0n) is 20.3. The maximum atomic E-state index is 6.13. The molecule has 5 heteroatoms. The van der Waals surface area contributed by atoms with Crippen LogP contribution in [0.3, 0.4) is 0 Å². The van der Waals surface area contributed by atoms with Crippen molar-refractivity contribution in [3.8, 4) is 5.75 Å². The zero-order valence-corrected chi connectivity index (χ0v) is 20.3. The summed E-state index contributed by atoms with van der Waals surface area (Å²) in [4.78, 5) is 10.1. The summed E-state index contributed by atoms with van der Waals surface area (Å²) in [5.41, 5.74) is 6.02. The minimum Gasteiger partial charge on any atom is -0.492 e. The van der Waals surface area contributed by atoms with Gasteiger partial charge in [-0.3, -0.25) is 9.80 Å². The third-order valence-corrected chi connectivity index (χ3v) is 6.81. The van der Waals surface area contributed by atoms with Crippen LogP contribution in [0.25, 0.3) is 11.0 Å². The zero-order chi connectivity index (χ0) is 23.3. The smallest absolute Gasteiger partial charge is 0.125 e. The SMILES string of the molecule is Cc1cccc(C)c1OCCN1CCN(Cc2nc3ccccc3n2Cc2ccccc2)CC1. The van der Waals surface area contributed by atoms with E-state index in [-0.39, 0.29) is 0 Å². The van der Waals surface area contributed by atoms with E-state index in [1.165, 1.54) is 22.2 Å². The molecule has 0 bridgehead atoms. The van der Waals surface area contributed by atoms with Gasteiger partial charge in [0.05, 0.1) is 17.6 Å². The molecular weight excluding hydrogens is 420 g/mol. The van der Waals surface area contributed by atoms with Crippen molar-refractivity contribution in [3.63, 3.8) is 0 Å². The number of nitrogens with zero attached hydrogens (tertiary/aromatic N) is 4. The Morgan fingerprint density at radius 1 is 0.735 bits per heavy atom. The molecule has 0 radical (unpaired) electrons. The highest BCUT2D eigenvalue weighted by Gasteiger charge is 2.20. The van der Waals surface area contributed by atoms with Crippen molar-refractivity contribution in [2.45, 2.75) is 26.9 Å². The standard InChI is InChI=1S/C29H34N4O/c1-23-9-8-10-24(2)29(23)34-20-19-31-15-17-32(18-16-31)22-28-30-26-13-6-7-14-27(26)33(28)21-25-11-4-3-5-12-25/h3-14H,15-22H2,1-2H3. The van der Waals surface area contributed by atoms with E-state index in [2.05, 4.69) is 101 Å². The summed E-state index contributed by atoms with van der Waals surface area (Å²) in [5, 5.41) is 0. The van der Waals surface area contributed by atoms with E-state index in [9.17, 15) is 0 Å². The fraction of sp³-hybridized carbons (Fsp3) is 0.345. The van der Waals surface area contributed by atoms with E-state index in [0.29, 0.717) is 0 Å². The van der Waals surface area contributed by atoms with E-state index in [1.54, 1.807) is 0 Å². The Morgan fingerprint density at radius 3 is 2.18 bits per heavy atom. The first-order valence-corrected chi connectivity index (χ1v) is 12.3. The summed E-state index contributed by atoms with van der Waals surface area (Å²) in [6.45, 7) is 11.9. The van der Waals surface area contributed by atoms with Gasteiger partial charge in [-0.25, -0.2) is 4.98 Å². The molecule has 4 aromatic rings. The Bertz CT molecular complexity index is 1210. The topological polar surface area (TPSA) is 33.5 Å². The second-order valence-electron chi connectivity index (χ2n) is 9.28. The van der Waals surface area contributed by atoms with Crippen LogP contribution in [-0.2, 0) is 13.1 Å². The van der Waals surface area contributed by atoms with Crippen LogP contribution in [0.2, 0.25) is 0 Å². The molecule has 0 amide bonds. The van der Waals surface area contributed by atoms with Crippen LogP contribution in [0.15, 0.2) is 72.8 Å². The molecular formula is C29H34N4O. The summed E-state index contributed by atoms with van der Waals surface area (Å²) in [6.07, 6.45) is 0. The lowest BCUT2D eigenvalue weighted by molar-refractivity contribution is 0.110. The molecule has 0 saturated carbocycles. The summed E-state index contributed by atoms with van der Waals surface area (Å²) in [6, 6.07) is 25.5. The number of hydrogen-bond acceptors (Lipinski definition) is 4. The molecule has 0 unspecified atom stereocenters. The first kappa shape index (κ1) is 22.6. The quantitative estimate of drug-likeness (QED) is 0.379. The van der Waals surface area contributed by atoms with Gasteiger partial charge in [0, 0.05) is 39.3 Å². The van der Waals surface area contributed by atoms with Gasteiger partial charge in [-0.05, 0) is 42.7 Å². The van der Waals surface area contributed by atoms with Crippen molar-refractivity contribution in [1.82, 2.24) is 19.4 Å². The fourth-order valence-electron chi connectivity index (χ4n) is 4.86. The predicted molar refractivity (Wildman–Crippen MR) is 138 cm³/mol. The van der Waals surface area contributed by atoms with Crippen molar-refractivity contribution >= 4 is 11.0 Å². The first-order valence-electron chi connectivity index (χ1n) is 12.3. The minimum absolute atomic E-state index is 0.735. The van der Waals surface area contributed by atoms with Crippen molar-refractivity contribution in [2.75, 3.05) is 39.3 Å². The maximum absolute atomic E-state index is 6.13. The molecule has 5 nitrogen and oxygen atoms in total. The highest BCUT2D eigenvalue weighted by Crippen LogP contribution is 2.23. The second-order valence-corrected chi connectivity index (χ2v) is 9.28. The maximum Gasteiger partial charge on any atom is 0.125 e. The Kier molecular flexibility index (Phi) is 6.93. The van der Waals surface area contributed by atoms with E-state index in [1.807, 2.05) is 0 Å². The van der Waals surface area contributed by atoms with E-state index in [0.717, 1.165) is 69.5 Å². The van der Waals surface area contributed by atoms with Crippen molar-refractivity contribution in [2.24, 2.45) is 0 Å². The number of aromatic nitrogens is 2. The van der Waals surface area contributed by atoms with Crippen LogP contribution >= 0.6 is 0 Å². The lowest BCUT2D eigenvalue weighted by Gasteiger charge is -2.34. The van der Waals surface area contributed by atoms with Crippen LogP contribution in [0.5, 0.6) is 5.75 Å². The number of rotatable bonds is 8. The lowest BCUT2D eigenvalue weighted by Crippen LogP contribution is -2.47. The lowest BCUT2D eigenvalue weighted by atomic mass is 10.1. The number of aryl methyl sites for hydroxylation is 2. The van der Waals surface area contributed by atoms with Crippen molar-refractivity contribution < 1.29 is 4.74 Å². The summed E-state index contributed by atoms with van der Waals surface area (Å²) >= 11 is 0. The third-order valence-electron chi connectivity index (χ3n) is 6.81. The number of ether oxygens (including phenoxy) is 1. The van der Waals surface area contributed by atoms with Crippen molar-refractivity contribution in [3.05, 3.63) is 95.3 Å². The molecule has 1 fully saturated rings. The van der Waals surface area contributed by atoms with E-state index >= 15 is 0 Å². The number of piperazine rings is 1. The number of para-hydroxylation sites is 3. The highest BCUT2D eigenvalue weighted by molar-refractivity contribution is 5.76. The van der Waals surface area contributed by atoms with Gasteiger partial charge < -0.3 is 9.30 Å². The van der Waals surface area contributed by atoms with Gasteiger partial charge in [0.15, 0.2) is 0 Å². The minimum atomic E-state index is 0.735. The average molecular weight is 455 g/mol. The third kappa shape index (κ3) is 5.16. The van der Waals surface area contributed by atoms with Gasteiger partial charge in [-0.15, -0.1) is 0 Å². The van der Waals surface area contributed by atoms with Crippen LogP contribution < -0.4 is 4.74 Å². The van der Waals surface area contributed by atoms with Crippen molar-refractivity contribution in [1.29, 1.82) is 0 Å². The van der Waals surface area contributed by atoms with Gasteiger partial charge in [0.25, 0.3) is 0 Å². The average Bonchev–Trinajstić information content (AvgIpc) is 3.19. The first-order chi connectivity index (χ1) is 16.7. The van der Waals surface area contributed by atoms with Gasteiger partial charge in [-0.2, -0.15) is 0 Å². The normalized spacial score (nSPS) is 15.1. The van der Waals surface area contributed by atoms with Gasteiger partial charge in [0.2, 0.25) is 0 Å². The van der Waals surface area contributed by atoms with Crippen LogP contribution in [0.1, 0.15) is 22.5 Å². The summed E-state index contributed by atoms with van der Waals surface area (Å²) in [7, 11) is 0. The molecule has 1 aliphatic rings. The molecule has 5 rings (SSSR count).